The van der Waals surface area contributed by atoms with E-state index in [4.69, 9.17) is 9.15 Å². The molecule has 0 amide bonds. The second-order valence-electron chi connectivity index (χ2n) is 7.86. The molecule has 31 heavy (non-hydrogen) atoms. The molecule has 1 fully saturated rings. The van der Waals surface area contributed by atoms with E-state index in [2.05, 4.69) is 57.7 Å². The largest absolute Gasteiger partial charge is 0.497 e. The lowest BCUT2D eigenvalue weighted by Gasteiger charge is -2.29. The average molecular weight is 541 g/mol. The molecule has 1 aromatic heterocycles. The van der Waals surface area contributed by atoms with Gasteiger partial charge in [0.25, 0.3) is 0 Å². The van der Waals surface area contributed by atoms with Crippen LogP contribution in [0.5, 0.6) is 5.75 Å². The molecule has 2 unspecified atom stereocenters. The maximum absolute atomic E-state index is 5.61. The van der Waals surface area contributed by atoms with Crippen LogP contribution in [0.2, 0.25) is 0 Å². The van der Waals surface area contributed by atoms with Crippen molar-refractivity contribution in [3.8, 4) is 5.75 Å². The van der Waals surface area contributed by atoms with Crippen LogP contribution in [-0.4, -0.2) is 70.2 Å². The lowest BCUT2D eigenvalue weighted by Crippen LogP contribution is -2.45. The molecule has 3 rings (SSSR count). The standard InChI is InChI=1S/C23H35N5O2.HI/c1-24-23(26-17-21(27(2)3)22-11-8-14-30-22)25-16-20(28-12-5-6-13-28)18-9-7-10-19(15-18)29-4;/h7-11,14-15,20-21H,5-6,12-13,16-17H2,1-4H3,(H2,24,25,26);1H. The molecule has 1 aromatic carbocycles. The number of likely N-dealkylation sites (tertiary alicyclic amines) is 1. The quantitative estimate of drug-likeness (QED) is 0.288. The van der Waals surface area contributed by atoms with Gasteiger partial charge in [0.05, 0.1) is 25.5 Å². The Kier molecular flexibility index (Phi) is 10.6. The second kappa shape index (κ2) is 12.9. The first-order valence-corrected chi connectivity index (χ1v) is 10.6. The van der Waals surface area contributed by atoms with Crippen molar-refractivity contribution in [1.29, 1.82) is 0 Å². The van der Waals surface area contributed by atoms with Crippen LogP contribution in [-0.2, 0) is 0 Å². The van der Waals surface area contributed by atoms with Crippen molar-refractivity contribution in [1.82, 2.24) is 20.4 Å². The number of aliphatic imine (C=N–C) groups is 1. The van der Waals surface area contributed by atoms with Gasteiger partial charge in [0, 0.05) is 20.1 Å². The Morgan fingerprint density at radius 3 is 2.52 bits per heavy atom. The normalized spacial score (nSPS) is 16.6. The van der Waals surface area contributed by atoms with Gasteiger partial charge in [-0.25, -0.2) is 0 Å². The minimum Gasteiger partial charge on any atom is -0.497 e. The van der Waals surface area contributed by atoms with E-state index in [1.807, 2.05) is 25.2 Å². The van der Waals surface area contributed by atoms with Crippen LogP contribution < -0.4 is 15.4 Å². The lowest BCUT2D eigenvalue weighted by molar-refractivity contribution is 0.243. The number of hydrogen-bond donors (Lipinski definition) is 2. The van der Waals surface area contributed by atoms with Gasteiger partial charge in [-0.1, -0.05) is 12.1 Å². The van der Waals surface area contributed by atoms with Gasteiger partial charge in [-0.15, -0.1) is 24.0 Å². The number of furan rings is 1. The van der Waals surface area contributed by atoms with Crippen molar-refractivity contribution in [2.24, 2.45) is 4.99 Å². The predicted molar refractivity (Wildman–Crippen MR) is 136 cm³/mol. The molecule has 1 aliphatic rings. The fourth-order valence-electron chi connectivity index (χ4n) is 3.99. The Morgan fingerprint density at radius 2 is 1.90 bits per heavy atom. The van der Waals surface area contributed by atoms with E-state index in [0.717, 1.165) is 37.1 Å². The van der Waals surface area contributed by atoms with Gasteiger partial charge >= 0.3 is 0 Å². The molecular formula is C23H36IN5O2. The zero-order valence-electron chi connectivity index (χ0n) is 19.0. The van der Waals surface area contributed by atoms with Gasteiger partial charge in [-0.05, 0) is 69.9 Å². The van der Waals surface area contributed by atoms with E-state index in [-0.39, 0.29) is 36.1 Å². The number of hydrogen-bond acceptors (Lipinski definition) is 5. The third-order valence-electron chi connectivity index (χ3n) is 5.70. The van der Waals surface area contributed by atoms with E-state index in [9.17, 15) is 0 Å². The fraction of sp³-hybridized carbons (Fsp3) is 0.522. The average Bonchev–Trinajstić information content (AvgIpc) is 3.47. The highest BCUT2D eigenvalue weighted by Crippen LogP contribution is 2.27. The number of guanidine groups is 1. The summed E-state index contributed by atoms with van der Waals surface area (Å²) in [5, 5.41) is 6.98. The molecule has 2 aromatic rings. The topological polar surface area (TPSA) is 65.3 Å². The van der Waals surface area contributed by atoms with Gasteiger partial charge < -0.3 is 19.8 Å². The Morgan fingerprint density at radius 1 is 1.16 bits per heavy atom. The summed E-state index contributed by atoms with van der Waals surface area (Å²) >= 11 is 0. The molecule has 0 bridgehead atoms. The van der Waals surface area contributed by atoms with E-state index in [1.165, 1.54) is 18.4 Å². The summed E-state index contributed by atoms with van der Waals surface area (Å²) in [7, 11) is 7.63. The molecule has 2 heterocycles. The monoisotopic (exact) mass is 541 g/mol. The number of methoxy groups -OCH3 is 1. The Hall–Kier alpha value is -1.78. The molecule has 172 valence electrons. The first-order valence-electron chi connectivity index (χ1n) is 10.6. The first kappa shape index (κ1) is 25.5. The number of nitrogens with one attached hydrogen (secondary N) is 2. The van der Waals surface area contributed by atoms with E-state index < -0.39 is 0 Å². The number of benzene rings is 1. The third kappa shape index (κ3) is 7.11. The van der Waals surface area contributed by atoms with Crippen molar-refractivity contribution in [2.45, 2.75) is 24.9 Å². The molecule has 2 atom stereocenters. The summed E-state index contributed by atoms with van der Waals surface area (Å²) in [5.74, 6) is 2.63. The molecule has 0 aliphatic carbocycles. The van der Waals surface area contributed by atoms with Crippen LogP contribution in [0.15, 0.2) is 52.1 Å². The highest BCUT2D eigenvalue weighted by molar-refractivity contribution is 14.0. The van der Waals surface area contributed by atoms with Crippen LogP contribution in [0, 0.1) is 0 Å². The van der Waals surface area contributed by atoms with Gasteiger partial charge in [-0.3, -0.25) is 14.8 Å². The predicted octanol–water partition coefficient (Wildman–Crippen LogP) is 3.51. The molecule has 0 radical (unpaired) electrons. The van der Waals surface area contributed by atoms with Crippen LogP contribution in [0.25, 0.3) is 0 Å². The summed E-state index contributed by atoms with van der Waals surface area (Å²) in [6.07, 6.45) is 4.22. The molecular weight excluding hydrogens is 505 g/mol. The van der Waals surface area contributed by atoms with E-state index in [0.29, 0.717) is 6.54 Å². The van der Waals surface area contributed by atoms with Gasteiger partial charge in [-0.2, -0.15) is 0 Å². The minimum absolute atomic E-state index is 0. The van der Waals surface area contributed by atoms with Crippen molar-refractivity contribution in [2.75, 3.05) is 54.4 Å². The number of halogens is 1. The number of nitrogens with zero attached hydrogens (tertiary/aromatic N) is 3. The summed E-state index contributed by atoms with van der Waals surface area (Å²) in [5.41, 5.74) is 1.26. The Bertz CT molecular complexity index is 791. The van der Waals surface area contributed by atoms with E-state index >= 15 is 0 Å². The van der Waals surface area contributed by atoms with Gasteiger partial charge in [0.1, 0.15) is 11.5 Å². The maximum Gasteiger partial charge on any atom is 0.191 e. The summed E-state index contributed by atoms with van der Waals surface area (Å²) in [6.45, 7) is 3.72. The lowest BCUT2D eigenvalue weighted by atomic mass is 10.1. The van der Waals surface area contributed by atoms with E-state index in [1.54, 1.807) is 13.4 Å². The molecule has 8 heteroatoms. The summed E-state index contributed by atoms with van der Waals surface area (Å²) in [4.78, 5) is 9.11. The van der Waals surface area contributed by atoms with Gasteiger partial charge in [0.15, 0.2) is 5.96 Å². The van der Waals surface area contributed by atoms with Crippen LogP contribution in [0.1, 0.15) is 36.2 Å². The Balaban J connectivity index is 0.00000341. The second-order valence-corrected chi connectivity index (χ2v) is 7.86. The van der Waals surface area contributed by atoms with Gasteiger partial charge in [0.2, 0.25) is 0 Å². The highest BCUT2D eigenvalue weighted by Gasteiger charge is 2.24. The highest BCUT2D eigenvalue weighted by atomic mass is 127. The zero-order chi connectivity index (χ0) is 21.3. The Labute approximate surface area is 203 Å². The number of ether oxygens (including phenoxy) is 1. The van der Waals surface area contributed by atoms with Crippen LogP contribution in [0.4, 0.5) is 0 Å². The third-order valence-corrected chi connectivity index (χ3v) is 5.70. The summed E-state index contributed by atoms with van der Waals surface area (Å²) < 4.78 is 11.1. The molecule has 7 nitrogen and oxygen atoms in total. The molecule has 0 saturated carbocycles. The maximum atomic E-state index is 5.61. The molecule has 1 saturated heterocycles. The number of likely N-dealkylation sites (N-methyl/N-ethyl adjacent to an activating group) is 1. The van der Waals surface area contributed by atoms with Crippen LogP contribution >= 0.6 is 24.0 Å². The molecule has 1 aliphatic heterocycles. The van der Waals surface area contributed by atoms with Crippen LogP contribution in [0.3, 0.4) is 0 Å². The SMILES string of the molecule is CN=C(NCC(c1ccco1)N(C)C)NCC(c1cccc(OC)c1)N1CCCC1.I. The van der Waals surface area contributed by atoms with Crippen molar-refractivity contribution in [3.05, 3.63) is 54.0 Å². The zero-order valence-corrected chi connectivity index (χ0v) is 21.3. The smallest absolute Gasteiger partial charge is 0.191 e. The molecule has 2 N–H and O–H groups in total. The first-order chi connectivity index (χ1) is 14.6. The van der Waals surface area contributed by atoms with Crippen molar-refractivity contribution >= 4 is 29.9 Å². The summed E-state index contributed by atoms with van der Waals surface area (Å²) in [6, 6.07) is 12.7. The van der Waals surface area contributed by atoms with Crippen molar-refractivity contribution < 1.29 is 9.15 Å². The fourth-order valence-corrected chi connectivity index (χ4v) is 3.99. The minimum atomic E-state index is 0. The molecule has 0 spiro atoms. The number of rotatable bonds is 9. The van der Waals surface area contributed by atoms with Crippen molar-refractivity contribution in [3.63, 3.8) is 0 Å².